The average molecular weight is 346 g/mol. The lowest BCUT2D eigenvalue weighted by molar-refractivity contribution is -0.116. The molecule has 6 heteroatoms. The van der Waals surface area contributed by atoms with Crippen molar-refractivity contribution >= 4 is 22.4 Å². The number of anilines is 1. The number of nitrogens with two attached hydrogens (primary N) is 1. The van der Waals surface area contributed by atoms with Gasteiger partial charge in [0.25, 0.3) is 0 Å². The van der Waals surface area contributed by atoms with Gasteiger partial charge in [-0.3, -0.25) is 14.6 Å². The number of hydrogen-bond acceptors (Lipinski definition) is 5. The first-order valence-electron chi connectivity index (χ1n) is 8.33. The minimum absolute atomic E-state index is 0.0303. The van der Waals surface area contributed by atoms with Crippen molar-refractivity contribution in [2.75, 3.05) is 24.5 Å². The second-order valence-corrected chi connectivity index (χ2v) is 6.56. The van der Waals surface area contributed by atoms with Crippen LogP contribution in [0.15, 0.2) is 35.7 Å². The van der Waals surface area contributed by atoms with Crippen LogP contribution in [-0.4, -0.2) is 35.4 Å². The fourth-order valence-corrected chi connectivity index (χ4v) is 3.51. The third-order valence-corrected chi connectivity index (χ3v) is 4.69. The number of hydrogen-bond donors (Lipinski definition) is 1. The molecule has 0 aliphatic rings. The molecule has 0 fully saturated rings. The topological polar surface area (TPSA) is 62.5 Å². The molecule has 0 unspecified atom stereocenters. The van der Waals surface area contributed by atoms with Crippen molar-refractivity contribution in [2.45, 2.75) is 33.4 Å². The Morgan fingerprint density at radius 2 is 2.00 bits per heavy atom. The van der Waals surface area contributed by atoms with Crippen LogP contribution in [0.5, 0.6) is 0 Å². The van der Waals surface area contributed by atoms with Gasteiger partial charge in [-0.25, -0.2) is 4.98 Å². The number of thiazole rings is 1. The second kappa shape index (κ2) is 9.52. The summed E-state index contributed by atoms with van der Waals surface area (Å²) in [6.07, 6.45) is 0.957. The molecule has 0 aliphatic carbocycles. The lowest BCUT2D eigenvalue weighted by Gasteiger charge is -2.21. The van der Waals surface area contributed by atoms with Gasteiger partial charge in [-0.05, 0) is 25.5 Å². The Balaban J connectivity index is 2.06. The van der Waals surface area contributed by atoms with Crippen molar-refractivity contribution in [1.82, 2.24) is 9.88 Å². The summed E-state index contributed by atoms with van der Waals surface area (Å²) in [5.41, 5.74) is 7.96. The third-order valence-electron chi connectivity index (χ3n) is 3.78. The summed E-state index contributed by atoms with van der Waals surface area (Å²) < 4.78 is 0. The van der Waals surface area contributed by atoms with E-state index >= 15 is 0 Å². The van der Waals surface area contributed by atoms with E-state index in [1.165, 1.54) is 16.9 Å². The van der Waals surface area contributed by atoms with Gasteiger partial charge in [0.05, 0.1) is 5.69 Å². The predicted molar refractivity (Wildman–Crippen MR) is 100 cm³/mol. The van der Waals surface area contributed by atoms with Gasteiger partial charge in [0, 0.05) is 38.5 Å². The summed E-state index contributed by atoms with van der Waals surface area (Å²) >= 11 is 1.53. The normalized spacial score (nSPS) is 11.0. The zero-order valence-corrected chi connectivity index (χ0v) is 15.3. The highest BCUT2D eigenvalue weighted by molar-refractivity contribution is 7.14. The van der Waals surface area contributed by atoms with Crippen molar-refractivity contribution < 1.29 is 4.79 Å². The number of carbonyl (C=O) groups excluding carboxylic acids is 1. The molecule has 0 atom stereocenters. The molecule has 2 rings (SSSR count). The molecule has 2 aromatic rings. The second-order valence-electron chi connectivity index (χ2n) is 5.72. The van der Waals surface area contributed by atoms with Crippen LogP contribution in [0.25, 0.3) is 0 Å². The van der Waals surface area contributed by atoms with Crippen LogP contribution in [0, 0.1) is 0 Å². The van der Waals surface area contributed by atoms with E-state index in [4.69, 9.17) is 5.73 Å². The molecule has 0 aliphatic heterocycles. The van der Waals surface area contributed by atoms with Crippen LogP contribution in [0.4, 0.5) is 5.13 Å². The maximum atomic E-state index is 11.7. The quantitative estimate of drug-likeness (QED) is 0.758. The first kappa shape index (κ1) is 18.6. The van der Waals surface area contributed by atoms with Crippen molar-refractivity contribution in [3.63, 3.8) is 0 Å². The van der Waals surface area contributed by atoms with E-state index in [9.17, 15) is 4.79 Å². The Hall–Kier alpha value is -1.76. The molecule has 24 heavy (non-hydrogen) atoms. The molecule has 130 valence electrons. The van der Waals surface area contributed by atoms with Crippen LogP contribution < -0.4 is 10.6 Å². The first-order chi connectivity index (χ1) is 11.6. The standard InChI is InChI=1S/C18H26N4OS/c1-3-22(15(2)23)18-20-17(14-24-18)13-21(11-7-10-19)12-16-8-5-4-6-9-16/h4-6,8-9,14H,3,7,10-13,19H2,1-2H3. The van der Waals surface area contributed by atoms with Gasteiger partial charge in [0.1, 0.15) is 0 Å². The Bertz CT molecular complexity index is 629. The molecule has 0 bridgehead atoms. The molecule has 5 nitrogen and oxygen atoms in total. The van der Waals surface area contributed by atoms with E-state index in [1.54, 1.807) is 11.8 Å². The number of benzene rings is 1. The molecular formula is C18H26N4OS. The molecule has 1 aromatic heterocycles. The van der Waals surface area contributed by atoms with Gasteiger partial charge in [0.15, 0.2) is 5.13 Å². The minimum atomic E-state index is 0.0303. The van der Waals surface area contributed by atoms with E-state index in [0.717, 1.165) is 36.9 Å². The van der Waals surface area contributed by atoms with E-state index in [-0.39, 0.29) is 5.91 Å². The predicted octanol–water partition coefficient (Wildman–Crippen LogP) is 2.87. The molecule has 0 saturated carbocycles. The summed E-state index contributed by atoms with van der Waals surface area (Å²) in [4.78, 5) is 20.4. The van der Waals surface area contributed by atoms with Crippen LogP contribution in [0.1, 0.15) is 31.5 Å². The zero-order chi connectivity index (χ0) is 17.4. The van der Waals surface area contributed by atoms with Gasteiger partial charge in [-0.15, -0.1) is 11.3 Å². The SMILES string of the molecule is CCN(C(C)=O)c1nc(CN(CCCN)Cc2ccccc2)cs1. The molecule has 0 spiro atoms. The van der Waals surface area contributed by atoms with E-state index < -0.39 is 0 Å². The Kier molecular flexibility index (Phi) is 7.36. The molecular weight excluding hydrogens is 320 g/mol. The first-order valence-corrected chi connectivity index (χ1v) is 9.20. The summed E-state index contributed by atoms with van der Waals surface area (Å²) in [6.45, 7) is 7.44. The smallest absolute Gasteiger partial charge is 0.225 e. The Morgan fingerprint density at radius 3 is 2.62 bits per heavy atom. The van der Waals surface area contributed by atoms with Crippen LogP contribution in [0.2, 0.25) is 0 Å². The zero-order valence-electron chi connectivity index (χ0n) is 14.4. The summed E-state index contributed by atoms with van der Waals surface area (Å²) in [5, 5.41) is 2.82. The third kappa shape index (κ3) is 5.40. The van der Waals surface area contributed by atoms with Crippen LogP contribution >= 0.6 is 11.3 Å². The molecule has 1 aromatic carbocycles. The lowest BCUT2D eigenvalue weighted by Crippen LogP contribution is -2.28. The van der Waals surface area contributed by atoms with E-state index in [1.807, 2.05) is 18.4 Å². The fourth-order valence-electron chi connectivity index (χ4n) is 2.59. The summed E-state index contributed by atoms with van der Waals surface area (Å²) in [5.74, 6) is 0.0303. The van der Waals surface area contributed by atoms with Crippen LogP contribution in [0.3, 0.4) is 0 Å². The van der Waals surface area contributed by atoms with Crippen molar-refractivity contribution in [1.29, 1.82) is 0 Å². The van der Waals surface area contributed by atoms with Crippen molar-refractivity contribution in [3.05, 3.63) is 47.0 Å². The number of carbonyl (C=O) groups is 1. The number of rotatable bonds is 9. The van der Waals surface area contributed by atoms with Gasteiger partial charge in [-0.2, -0.15) is 0 Å². The Morgan fingerprint density at radius 1 is 1.25 bits per heavy atom. The maximum Gasteiger partial charge on any atom is 0.225 e. The number of nitrogens with zero attached hydrogens (tertiary/aromatic N) is 3. The number of aromatic nitrogens is 1. The van der Waals surface area contributed by atoms with Gasteiger partial charge in [-0.1, -0.05) is 30.3 Å². The fraction of sp³-hybridized carbons (Fsp3) is 0.444. The van der Waals surface area contributed by atoms with Gasteiger partial charge in [0.2, 0.25) is 5.91 Å². The summed E-state index contributed by atoms with van der Waals surface area (Å²) in [7, 11) is 0. The highest BCUT2D eigenvalue weighted by Gasteiger charge is 2.15. The number of amides is 1. The molecule has 0 saturated heterocycles. The maximum absolute atomic E-state index is 11.7. The van der Waals surface area contributed by atoms with E-state index in [0.29, 0.717) is 13.1 Å². The largest absolute Gasteiger partial charge is 0.330 e. The molecule has 1 heterocycles. The Labute approximate surface area is 148 Å². The molecule has 2 N–H and O–H groups in total. The van der Waals surface area contributed by atoms with E-state index in [2.05, 4.69) is 34.1 Å². The monoisotopic (exact) mass is 346 g/mol. The van der Waals surface area contributed by atoms with Crippen LogP contribution in [-0.2, 0) is 17.9 Å². The molecule has 1 amide bonds. The highest BCUT2D eigenvalue weighted by atomic mass is 32.1. The lowest BCUT2D eigenvalue weighted by atomic mass is 10.2. The van der Waals surface area contributed by atoms with Gasteiger partial charge < -0.3 is 5.73 Å². The van der Waals surface area contributed by atoms with Crippen molar-refractivity contribution in [3.8, 4) is 0 Å². The summed E-state index contributed by atoms with van der Waals surface area (Å²) in [6, 6.07) is 10.4. The highest BCUT2D eigenvalue weighted by Crippen LogP contribution is 2.22. The molecule has 0 radical (unpaired) electrons. The van der Waals surface area contributed by atoms with Crippen molar-refractivity contribution in [2.24, 2.45) is 5.73 Å². The van der Waals surface area contributed by atoms with Gasteiger partial charge >= 0.3 is 0 Å². The minimum Gasteiger partial charge on any atom is -0.330 e. The average Bonchev–Trinajstić information content (AvgIpc) is 3.02.